The summed E-state index contributed by atoms with van der Waals surface area (Å²) in [6, 6.07) is 14.2. The van der Waals surface area contributed by atoms with Crippen molar-refractivity contribution >= 4 is 11.0 Å². The molecule has 7 heteroatoms. The minimum Gasteiger partial charge on any atom is -0.497 e. The molecule has 0 aliphatic rings. The summed E-state index contributed by atoms with van der Waals surface area (Å²) >= 11 is 0. The van der Waals surface area contributed by atoms with Gasteiger partial charge in [0.2, 0.25) is 0 Å². The van der Waals surface area contributed by atoms with Crippen LogP contribution in [0.25, 0.3) is 28.0 Å². The van der Waals surface area contributed by atoms with Crippen LogP contribution < -0.4 is 4.74 Å². The zero-order chi connectivity index (χ0) is 21.4. The molecule has 0 saturated heterocycles. The van der Waals surface area contributed by atoms with Gasteiger partial charge >= 0.3 is 0 Å². The second kappa shape index (κ2) is 7.82. The van der Waals surface area contributed by atoms with Gasteiger partial charge in [-0.15, -0.1) is 0 Å². The van der Waals surface area contributed by atoms with Crippen molar-refractivity contribution in [3.8, 4) is 22.7 Å². The fraction of sp³-hybridized carbons (Fsp3) is 0.217. The highest BCUT2D eigenvalue weighted by atomic mass is 19.3. The quantitative estimate of drug-likeness (QED) is 0.387. The van der Waals surface area contributed by atoms with Crippen molar-refractivity contribution in [1.29, 1.82) is 0 Å². The van der Waals surface area contributed by atoms with Gasteiger partial charge in [0.15, 0.2) is 5.65 Å². The second-order valence-electron chi connectivity index (χ2n) is 7.25. The number of rotatable bonds is 5. The van der Waals surface area contributed by atoms with Gasteiger partial charge in [0.1, 0.15) is 11.6 Å². The molecule has 0 radical (unpaired) electrons. The predicted molar refractivity (Wildman–Crippen MR) is 110 cm³/mol. The topological polar surface area (TPSA) is 39.9 Å². The van der Waals surface area contributed by atoms with Crippen molar-refractivity contribution in [2.24, 2.45) is 0 Å². The van der Waals surface area contributed by atoms with Gasteiger partial charge in [-0.3, -0.25) is 0 Å². The monoisotopic (exact) mass is 411 g/mol. The number of aromatic nitrogens is 3. The number of ether oxygens (including phenoxy) is 1. The van der Waals surface area contributed by atoms with E-state index >= 15 is 0 Å². The first-order valence-corrected chi connectivity index (χ1v) is 9.51. The summed E-state index contributed by atoms with van der Waals surface area (Å²) in [6.07, 6.45) is -2.70. The summed E-state index contributed by atoms with van der Waals surface area (Å²) in [5, 5.41) is 4.91. The van der Waals surface area contributed by atoms with E-state index in [0.717, 1.165) is 0 Å². The molecule has 0 bridgehead atoms. The van der Waals surface area contributed by atoms with Crippen molar-refractivity contribution in [1.82, 2.24) is 14.8 Å². The number of fused-ring (bicyclic) bond motifs is 1. The fourth-order valence-corrected chi connectivity index (χ4v) is 3.42. The van der Waals surface area contributed by atoms with Crippen molar-refractivity contribution < 1.29 is 17.9 Å². The molecule has 30 heavy (non-hydrogen) atoms. The highest BCUT2D eigenvalue weighted by Gasteiger charge is 2.24. The normalized spacial score (nSPS) is 11.6. The zero-order valence-corrected chi connectivity index (χ0v) is 16.7. The molecule has 2 aromatic carbocycles. The van der Waals surface area contributed by atoms with E-state index in [2.05, 4.69) is 10.1 Å². The van der Waals surface area contributed by atoms with Gasteiger partial charge in [-0.05, 0) is 60.5 Å². The van der Waals surface area contributed by atoms with Crippen LogP contribution in [0.1, 0.15) is 37.4 Å². The van der Waals surface area contributed by atoms with Crippen molar-refractivity contribution in [3.05, 3.63) is 71.7 Å². The van der Waals surface area contributed by atoms with E-state index in [0.29, 0.717) is 39.4 Å². The van der Waals surface area contributed by atoms with Crippen molar-refractivity contribution in [2.45, 2.75) is 26.2 Å². The average molecular weight is 411 g/mol. The van der Waals surface area contributed by atoms with Gasteiger partial charge in [-0.2, -0.15) is 5.10 Å². The maximum absolute atomic E-state index is 14.1. The maximum Gasteiger partial charge on any atom is 0.264 e. The summed E-state index contributed by atoms with van der Waals surface area (Å²) in [6.45, 7) is 3.78. The first kappa shape index (κ1) is 19.9. The summed E-state index contributed by atoms with van der Waals surface area (Å²) in [5.41, 5.74) is 2.35. The Bertz CT molecular complexity index is 1180. The van der Waals surface area contributed by atoms with Gasteiger partial charge < -0.3 is 4.74 Å². The summed E-state index contributed by atoms with van der Waals surface area (Å²) in [5.74, 6) is 0.173. The molecule has 0 unspecified atom stereocenters. The lowest BCUT2D eigenvalue weighted by Gasteiger charge is -2.10. The van der Waals surface area contributed by atoms with Gasteiger partial charge in [0, 0.05) is 11.1 Å². The fourth-order valence-electron chi connectivity index (χ4n) is 3.42. The number of methoxy groups -OCH3 is 1. The van der Waals surface area contributed by atoms with E-state index in [1.807, 2.05) is 13.8 Å². The first-order chi connectivity index (χ1) is 14.4. The number of alkyl halides is 2. The van der Waals surface area contributed by atoms with Crippen LogP contribution in [-0.2, 0) is 0 Å². The summed E-state index contributed by atoms with van der Waals surface area (Å²) in [7, 11) is 1.56. The lowest BCUT2D eigenvalue weighted by molar-refractivity contribution is 0.153. The van der Waals surface area contributed by atoms with Crippen LogP contribution in [0.2, 0.25) is 0 Å². The van der Waals surface area contributed by atoms with Crippen LogP contribution in [-0.4, -0.2) is 21.9 Å². The predicted octanol–water partition coefficient (Wildman–Crippen LogP) is 6.30. The Morgan fingerprint density at radius 1 is 0.967 bits per heavy atom. The van der Waals surface area contributed by atoms with Gasteiger partial charge in [0.25, 0.3) is 6.43 Å². The Labute approximate surface area is 171 Å². The molecular formula is C23H20F3N3O. The molecule has 0 atom stereocenters. The Morgan fingerprint density at radius 3 is 2.20 bits per heavy atom. The lowest BCUT2D eigenvalue weighted by atomic mass is 10.0. The molecule has 4 aromatic rings. The SMILES string of the molecule is COc1ccc(-c2cc(C(F)F)c3c(C(C)C)nn(-c4ccc(F)cc4)c3n2)cc1. The van der Waals surface area contributed by atoms with Crippen LogP contribution in [0.5, 0.6) is 5.75 Å². The minimum absolute atomic E-state index is 0.0969. The third kappa shape index (κ3) is 3.51. The van der Waals surface area contributed by atoms with Crippen LogP contribution in [0, 0.1) is 5.82 Å². The lowest BCUT2D eigenvalue weighted by Crippen LogP contribution is -2.00. The number of pyridine rings is 1. The number of halogens is 3. The highest BCUT2D eigenvalue weighted by molar-refractivity contribution is 5.87. The molecule has 0 fully saturated rings. The largest absolute Gasteiger partial charge is 0.497 e. The molecule has 0 amide bonds. The minimum atomic E-state index is -2.70. The molecule has 0 aliphatic heterocycles. The second-order valence-corrected chi connectivity index (χ2v) is 7.25. The van der Waals surface area contributed by atoms with Crippen molar-refractivity contribution in [2.75, 3.05) is 7.11 Å². The molecular weight excluding hydrogens is 391 g/mol. The third-order valence-electron chi connectivity index (χ3n) is 4.93. The molecule has 4 nitrogen and oxygen atoms in total. The molecule has 0 spiro atoms. The van der Waals surface area contributed by atoms with Gasteiger partial charge in [0.05, 0.1) is 29.6 Å². The van der Waals surface area contributed by atoms with Crippen LogP contribution >= 0.6 is 0 Å². The Kier molecular flexibility index (Phi) is 5.20. The summed E-state index contributed by atoms with van der Waals surface area (Å²) < 4.78 is 48.3. The van der Waals surface area contributed by atoms with E-state index in [1.54, 1.807) is 43.5 Å². The number of nitrogens with zero attached hydrogens (tertiary/aromatic N) is 3. The standard InChI is InChI=1S/C23H20F3N3O/c1-13(2)21-20-18(22(25)26)12-19(14-4-10-17(30-3)11-5-14)27-23(20)29(28-21)16-8-6-15(24)7-9-16/h4-13,22H,1-3H3. The Morgan fingerprint density at radius 2 is 1.63 bits per heavy atom. The number of hydrogen-bond acceptors (Lipinski definition) is 3. The molecule has 4 rings (SSSR count). The number of benzene rings is 2. The Hall–Kier alpha value is -3.35. The van der Waals surface area contributed by atoms with E-state index in [-0.39, 0.29) is 17.3 Å². The van der Waals surface area contributed by atoms with E-state index < -0.39 is 6.43 Å². The van der Waals surface area contributed by atoms with E-state index in [4.69, 9.17) is 4.74 Å². The molecule has 0 saturated carbocycles. The summed E-state index contributed by atoms with van der Waals surface area (Å²) in [4.78, 5) is 4.68. The highest BCUT2D eigenvalue weighted by Crippen LogP contribution is 2.36. The molecule has 0 aliphatic carbocycles. The average Bonchev–Trinajstić information content (AvgIpc) is 3.13. The third-order valence-corrected chi connectivity index (χ3v) is 4.93. The molecule has 2 heterocycles. The molecule has 2 aromatic heterocycles. The molecule has 0 N–H and O–H groups in total. The molecule has 154 valence electrons. The van der Waals surface area contributed by atoms with Crippen molar-refractivity contribution in [3.63, 3.8) is 0 Å². The Balaban J connectivity index is 2.02. The maximum atomic E-state index is 14.1. The van der Waals surface area contributed by atoms with Gasteiger partial charge in [-0.1, -0.05) is 13.8 Å². The smallest absolute Gasteiger partial charge is 0.264 e. The van der Waals surface area contributed by atoms with E-state index in [1.165, 1.54) is 22.9 Å². The zero-order valence-electron chi connectivity index (χ0n) is 16.7. The van der Waals surface area contributed by atoms with Crippen LogP contribution in [0.4, 0.5) is 13.2 Å². The van der Waals surface area contributed by atoms with E-state index in [9.17, 15) is 13.2 Å². The van der Waals surface area contributed by atoms with Crippen LogP contribution in [0.15, 0.2) is 54.6 Å². The van der Waals surface area contributed by atoms with Crippen LogP contribution in [0.3, 0.4) is 0 Å². The number of hydrogen-bond donors (Lipinski definition) is 0. The van der Waals surface area contributed by atoms with Gasteiger partial charge in [-0.25, -0.2) is 22.8 Å². The first-order valence-electron chi connectivity index (χ1n) is 9.51.